The predicted octanol–water partition coefficient (Wildman–Crippen LogP) is 4.88. The van der Waals surface area contributed by atoms with Crippen LogP contribution in [0, 0.1) is 11.7 Å². The fourth-order valence-electron chi connectivity index (χ4n) is 3.77. The lowest BCUT2D eigenvalue weighted by Crippen LogP contribution is -2.54. The van der Waals surface area contributed by atoms with E-state index in [2.05, 4.69) is 10.1 Å². The normalized spacial score (nSPS) is 22.0. The molecule has 4 nitrogen and oxygen atoms in total. The summed E-state index contributed by atoms with van der Waals surface area (Å²) in [7, 11) is 1.57. The summed E-state index contributed by atoms with van der Waals surface area (Å²) in [6.45, 7) is 0.587. The number of carbonyl (C=O) groups excluding carboxylic acids is 1. The summed E-state index contributed by atoms with van der Waals surface area (Å²) in [5.74, 6) is -0.978. The summed E-state index contributed by atoms with van der Waals surface area (Å²) in [6, 6.07) is 11.2. The molecular weight excluding hydrogens is 402 g/mol. The third-order valence-electron chi connectivity index (χ3n) is 5.38. The first-order valence-electron chi connectivity index (χ1n) is 9.64. The highest BCUT2D eigenvalue weighted by molar-refractivity contribution is 5.97. The van der Waals surface area contributed by atoms with Gasteiger partial charge in [0.2, 0.25) is 0 Å². The quantitative estimate of drug-likeness (QED) is 0.507. The maximum absolute atomic E-state index is 13.1. The first-order valence-corrected chi connectivity index (χ1v) is 9.64. The highest BCUT2D eigenvalue weighted by Gasteiger charge is 2.38. The molecule has 2 unspecified atom stereocenters. The van der Waals surface area contributed by atoms with Gasteiger partial charge >= 0.3 is 6.36 Å². The molecule has 1 saturated heterocycles. The number of nitrogens with one attached hydrogen (secondary N) is 1. The van der Waals surface area contributed by atoms with Crippen LogP contribution in [-0.2, 0) is 11.2 Å². The molecule has 1 aliphatic rings. The van der Waals surface area contributed by atoms with Crippen molar-refractivity contribution in [2.24, 2.45) is 5.92 Å². The molecular formula is C22H23F4NO3. The van der Waals surface area contributed by atoms with Crippen LogP contribution in [0.4, 0.5) is 17.6 Å². The topological polar surface area (TPSA) is 47.6 Å². The second kappa shape index (κ2) is 9.14. The third kappa shape index (κ3) is 5.79. The van der Waals surface area contributed by atoms with Crippen molar-refractivity contribution in [3.05, 3.63) is 65.5 Å². The number of piperidine rings is 1. The van der Waals surface area contributed by atoms with E-state index in [0.29, 0.717) is 37.8 Å². The number of halogens is 4. The van der Waals surface area contributed by atoms with Crippen molar-refractivity contribution >= 4 is 5.78 Å². The molecule has 3 rings (SSSR count). The van der Waals surface area contributed by atoms with Crippen LogP contribution in [0.1, 0.15) is 35.2 Å². The molecule has 0 saturated carbocycles. The zero-order valence-electron chi connectivity index (χ0n) is 16.5. The number of Topliss-reactive ketones (excluding diaryl/α,β-unsaturated/α-hetero) is 1. The zero-order chi connectivity index (χ0) is 21.8. The van der Waals surface area contributed by atoms with Gasteiger partial charge in [-0.2, -0.15) is 0 Å². The average Bonchev–Trinajstić information content (AvgIpc) is 2.72. The van der Waals surface area contributed by atoms with Gasteiger partial charge in [-0.05, 0) is 74.2 Å². The number of ether oxygens (including phenoxy) is 2. The summed E-state index contributed by atoms with van der Waals surface area (Å²) >= 11 is 0. The van der Waals surface area contributed by atoms with Gasteiger partial charge in [-0.1, -0.05) is 12.1 Å². The monoisotopic (exact) mass is 425 g/mol. The summed E-state index contributed by atoms with van der Waals surface area (Å²) in [4.78, 5) is 12.8. The SMILES string of the molecule is COC1(CCc2ccc(OC(F)(F)F)cc2)CC(C(=O)c2ccc(F)cc2)CCN1. The maximum atomic E-state index is 13.1. The zero-order valence-corrected chi connectivity index (χ0v) is 16.5. The van der Waals surface area contributed by atoms with E-state index >= 15 is 0 Å². The maximum Gasteiger partial charge on any atom is 0.573 e. The molecule has 8 heteroatoms. The van der Waals surface area contributed by atoms with Crippen molar-refractivity contribution in [2.45, 2.75) is 37.8 Å². The average molecular weight is 425 g/mol. The number of benzene rings is 2. The van der Waals surface area contributed by atoms with Crippen LogP contribution in [0.15, 0.2) is 48.5 Å². The molecule has 0 aliphatic carbocycles. The fraction of sp³-hybridized carbons (Fsp3) is 0.409. The smallest absolute Gasteiger partial charge is 0.406 e. The molecule has 0 radical (unpaired) electrons. The number of hydrogen-bond acceptors (Lipinski definition) is 4. The molecule has 1 fully saturated rings. The van der Waals surface area contributed by atoms with E-state index in [-0.39, 0.29) is 17.5 Å². The highest BCUT2D eigenvalue weighted by Crippen LogP contribution is 2.32. The molecule has 1 N–H and O–H groups in total. The van der Waals surface area contributed by atoms with Gasteiger partial charge < -0.3 is 9.47 Å². The Balaban J connectivity index is 1.63. The molecule has 30 heavy (non-hydrogen) atoms. The second-order valence-electron chi connectivity index (χ2n) is 7.38. The van der Waals surface area contributed by atoms with E-state index in [1.165, 1.54) is 36.4 Å². The minimum Gasteiger partial charge on any atom is -0.406 e. The highest BCUT2D eigenvalue weighted by atomic mass is 19.4. The van der Waals surface area contributed by atoms with Crippen molar-refractivity contribution < 1.29 is 31.8 Å². The molecule has 0 spiro atoms. The minimum absolute atomic E-state index is 0.0495. The molecule has 1 heterocycles. The van der Waals surface area contributed by atoms with E-state index < -0.39 is 17.9 Å². The van der Waals surface area contributed by atoms with Crippen LogP contribution in [0.5, 0.6) is 5.75 Å². The van der Waals surface area contributed by atoms with Crippen molar-refractivity contribution in [3.63, 3.8) is 0 Å². The van der Waals surface area contributed by atoms with Crippen molar-refractivity contribution in [1.29, 1.82) is 0 Å². The lowest BCUT2D eigenvalue weighted by molar-refractivity contribution is -0.274. The van der Waals surface area contributed by atoms with Gasteiger partial charge in [-0.15, -0.1) is 13.2 Å². The molecule has 162 valence electrons. The van der Waals surface area contributed by atoms with Gasteiger partial charge in [0.25, 0.3) is 0 Å². The Labute approximate surface area is 172 Å². The first kappa shape index (κ1) is 22.2. The second-order valence-corrected chi connectivity index (χ2v) is 7.38. The molecule has 0 bridgehead atoms. The molecule has 0 amide bonds. The number of aryl methyl sites for hydroxylation is 1. The lowest BCUT2D eigenvalue weighted by atomic mass is 9.82. The lowest BCUT2D eigenvalue weighted by Gasteiger charge is -2.40. The van der Waals surface area contributed by atoms with E-state index in [4.69, 9.17) is 4.74 Å². The van der Waals surface area contributed by atoms with Crippen LogP contribution >= 0.6 is 0 Å². The largest absolute Gasteiger partial charge is 0.573 e. The molecule has 1 aliphatic heterocycles. The summed E-state index contributed by atoms with van der Waals surface area (Å²) in [5, 5.41) is 3.33. The Hall–Kier alpha value is -2.45. The third-order valence-corrected chi connectivity index (χ3v) is 5.38. The Morgan fingerprint density at radius 1 is 1.13 bits per heavy atom. The van der Waals surface area contributed by atoms with Crippen LogP contribution in [0.25, 0.3) is 0 Å². The number of hydrogen-bond donors (Lipinski definition) is 1. The summed E-state index contributed by atoms with van der Waals surface area (Å²) in [6.07, 6.45) is -2.54. The van der Waals surface area contributed by atoms with Gasteiger partial charge in [0.15, 0.2) is 5.78 Å². The number of ketones is 1. The molecule has 2 aromatic carbocycles. The molecule has 0 aromatic heterocycles. The van der Waals surface area contributed by atoms with Crippen LogP contribution in [-0.4, -0.2) is 31.5 Å². The van der Waals surface area contributed by atoms with Gasteiger partial charge in [-0.3, -0.25) is 10.1 Å². The van der Waals surface area contributed by atoms with Crippen LogP contribution in [0.2, 0.25) is 0 Å². The first-order chi connectivity index (χ1) is 14.2. The minimum atomic E-state index is -4.72. The van der Waals surface area contributed by atoms with E-state index in [1.54, 1.807) is 19.2 Å². The summed E-state index contributed by atoms with van der Waals surface area (Å²) in [5.41, 5.74) is 0.572. The molecule has 2 atom stereocenters. The van der Waals surface area contributed by atoms with Crippen molar-refractivity contribution in [3.8, 4) is 5.75 Å². The van der Waals surface area contributed by atoms with E-state index in [9.17, 15) is 22.4 Å². The standard InChI is InChI=1S/C22H23F4NO3/c1-29-21(12-10-15-2-8-19(9-3-15)30-22(24,25)26)14-17(11-13-27-21)20(28)16-4-6-18(23)7-5-16/h2-9,17,27H,10-14H2,1H3. The molecule has 2 aromatic rings. The number of rotatable bonds is 7. The number of methoxy groups -OCH3 is 1. The van der Waals surface area contributed by atoms with Gasteiger partial charge in [0.1, 0.15) is 17.3 Å². The predicted molar refractivity (Wildman–Crippen MR) is 103 cm³/mol. The van der Waals surface area contributed by atoms with E-state index in [0.717, 1.165) is 5.56 Å². The Kier molecular flexibility index (Phi) is 6.77. The van der Waals surface area contributed by atoms with E-state index in [1.807, 2.05) is 0 Å². The van der Waals surface area contributed by atoms with Crippen molar-refractivity contribution in [1.82, 2.24) is 5.32 Å². The van der Waals surface area contributed by atoms with Crippen LogP contribution < -0.4 is 10.1 Å². The van der Waals surface area contributed by atoms with Gasteiger partial charge in [-0.25, -0.2) is 4.39 Å². The summed E-state index contributed by atoms with van der Waals surface area (Å²) < 4.78 is 59.6. The van der Waals surface area contributed by atoms with Crippen molar-refractivity contribution in [2.75, 3.05) is 13.7 Å². The Morgan fingerprint density at radius 3 is 2.40 bits per heavy atom. The number of carbonyl (C=O) groups is 1. The Bertz CT molecular complexity index is 852. The number of alkyl halides is 3. The van der Waals surface area contributed by atoms with Gasteiger partial charge in [0, 0.05) is 18.6 Å². The van der Waals surface area contributed by atoms with Gasteiger partial charge in [0.05, 0.1) is 0 Å². The van der Waals surface area contributed by atoms with Crippen LogP contribution in [0.3, 0.4) is 0 Å². The fourth-order valence-corrected chi connectivity index (χ4v) is 3.77. The Morgan fingerprint density at radius 2 is 1.80 bits per heavy atom.